The number of non-ortho nitro benzene ring substituents is 1. The Morgan fingerprint density at radius 2 is 1.77 bits per heavy atom. The molecule has 0 amide bonds. The predicted octanol–water partition coefficient (Wildman–Crippen LogP) is 5.15. The molecule has 3 aromatic rings. The van der Waals surface area contributed by atoms with Crippen molar-refractivity contribution in [3.63, 3.8) is 0 Å². The molecule has 2 aromatic carbocycles. The Hall–Kier alpha value is -3.42. The lowest BCUT2D eigenvalue weighted by Crippen LogP contribution is -2.06. The van der Waals surface area contributed by atoms with E-state index in [1.807, 2.05) is 0 Å². The fraction of sp³-hybridized carbons (Fsp3) is 0.0556. The zero-order valence-corrected chi connectivity index (χ0v) is 13.2. The van der Waals surface area contributed by atoms with Crippen LogP contribution in [0.25, 0.3) is 5.69 Å². The van der Waals surface area contributed by atoms with Gasteiger partial charge in [-0.05, 0) is 42.5 Å². The number of aromatic nitrogens is 1. The van der Waals surface area contributed by atoms with E-state index in [0.29, 0.717) is 17.1 Å². The summed E-state index contributed by atoms with van der Waals surface area (Å²) in [5.41, 5.74) is 0.642. The Kier molecular flexibility index (Phi) is 4.57. The van der Waals surface area contributed by atoms with E-state index in [4.69, 9.17) is 0 Å². The monoisotopic (exact) mass is 359 g/mol. The van der Waals surface area contributed by atoms with Crippen LogP contribution in [0.4, 0.5) is 24.5 Å². The van der Waals surface area contributed by atoms with Gasteiger partial charge in [-0.15, -0.1) is 0 Å². The largest absolute Gasteiger partial charge is 0.416 e. The van der Waals surface area contributed by atoms with Crippen molar-refractivity contribution in [3.05, 3.63) is 88.2 Å². The summed E-state index contributed by atoms with van der Waals surface area (Å²) in [6, 6.07) is 14.0. The Labute approximate surface area is 146 Å². The minimum absolute atomic E-state index is 0.0451. The van der Waals surface area contributed by atoms with Crippen molar-refractivity contribution < 1.29 is 18.1 Å². The van der Waals surface area contributed by atoms with Crippen LogP contribution in [0.2, 0.25) is 0 Å². The van der Waals surface area contributed by atoms with E-state index in [-0.39, 0.29) is 5.69 Å². The average molecular weight is 359 g/mol. The summed E-state index contributed by atoms with van der Waals surface area (Å²) >= 11 is 0. The number of nitrogens with zero attached hydrogens (tertiary/aromatic N) is 3. The molecule has 5 nitrogen and oxygen atoms in total. The summed E-state index contributed by atoms with van der Waals surface area (Å²) in [5.74, 6) is 0. The van der Waals surface area contributed by atoms with Crippen LogP contribution in [0.3, 0.4) is 0 Å². The summed E-state index contributed by atoms with van der Waals surface area (Å²) < 4.78 is 40.2. The minimum atomic E-state index is -4.42. The topological polar surface area (TPSA) is 60.4 Å². The van der Waals surface area contributed by atoms with Crippen molar-refractivity contribution >= 4 is 17.6 Å². The Balaban J connectivity index is 1.88. The standard InChI is InChI=1S/C18H12F3N3O2/c19-18(20,21)13-3-1-4-16(11-13)23-10-2-5-17(23)12-22-14-6-8-15(9-7-14)24(25)26/h1-12H. The summed E-state index contributed by atoms with van der Waals surface area (Å²) in [4.78, 5) is 14.3. The van der Waals surface area contributed by atoms with Gasteiger partial charge >= 0.3 is 6.18 Å². The van der Waals surface area contributed by atoms with Crippen LogP contribution >= 0.6 is 0 Å². The predicted molar refractivity (Wildman–Crippen MR) is 91.1 cm³/mol. The van der Waals surface area contributed by atoms with E-state index in [1.165, 1.54) is 36.5 Å². The van der Waals surface area contributed by atoms with Crippen molar-refractivity contribution in [1.29, 1.82) is 0 Å². The fourth-order valence-electron chi connectivity index (χ4n) is 2.37. The third-order valence-electron chi connectivity index (χ3n) is 3.64. The molecule has 3 rings (SSSR count). The third kappa shape index (κ3) is 3.80. The van der Waals surface area contributed by atoms with Crippen LogP contribution in [0.5, 0.6) is 0 Å². The lowest BCUT2D eigenvalue weighted by molar-refractivity contribution is -0.384. The Bertz CT molecular complexity index is 960. The second-order valence-corrected chi connectivity index (χ2v) is 5.38. The number of nitro groups is 1. The number of hydrogen-bond acceptors (Lipinski definition) is 3. The molecule has 132 valence electrons. The van der Waals surface area contributed by atoms with Crippen LogP contribution in [0, 0.1) is 10.1 Å². The molecular weight excluding hydrogens is 347 g/mol. The van der Waals surface area contributed by atoms with E-state index < -0.39 is 16.7 Å². The van der Waals surface area contributed by atoms with Crippen LogP contribution in [0.15, 0.2) is 71.9 Å². The van der Waals surface area contributed by atoms with Crippen molar-refractivity contribution in [1.82, 2.24) is 4.57 Å². The molecule has 0 N–H and O–H groups in total. The Morgan fingerprint density at radius 3 is 2.42 bits per heavy atom. The van der Waals surface area contributed by atoms with Gasteiger partial charge in [0.15, 0.2) is 0 Å². The molecule has 0 saturated carbocycles. The number of halogens is 3. The number of benzene rings is 2. The molecule has 0 aliphatic heterocycles. The smallest absolute Gasteiger partial charge is 0.316 e. The molecule has 0 aliphatic carbocycles. The number of rotatable bonds is 4. The first-order valence-electron chi connectivity index (χ1n) is 7.48. The van der Waals surface area contributed by atoms with E-state index >= 15 is 0 Å². The lowest BCUT2D eigenvalue weighted by Gasteiger charge is -2.11. The number of hydrogen-bond donors (Lipinski definition) is 0. The molecule has 26 heavy (non-hydrogen) atoms. The van der Waals surface area contributed by atoms with Gasteiger partial charge in [-0.25, -0.2) is 0 Å². The zero-order chi connectivity index (χ0) is 18.7. The van der Waals surface area contributed by atoms with E-state index in [1.54, 1.807) is 29.0 Å². The number of nitro benzene ring substituents is 1. The summed E-state index contributed by atoms with van der Waals surface area (Å²) in [7, 11) is 0. The molecule has 0 atom stereocenters. The van der Waals surface area contributed by atoms with Gasteiger partial charge < -0.3 is 4.57 Å². The zero-order valence-electron chi connectivity index (χ0n) is 13.2. The highest BCUT2D eigenvalue weighted by Gasteiger charge is 2.30. The van der Waals surface area contributed by atoms with Crippen LogP contribution < -0.4 is 0 Å². The second kappa shape index (κ2) is 6.83. The van der Waals surface area contributed by atoms with E-state index in [2.05, 4.69) is 4.99 Å². The van der Waals surface area contributed by atoms with Gasteiger partial charge in [0, 0.05) is 24.0 Å². The van der Waals surface area contributed by atoms with Crippen molar-refractivity contribution in [3.8, 4) is 5.69 Å². The summed E-state index contributed by atoms with van der Waals surface area (Å²) in [6.07, 6.45) is -1.30. The van der Waals surface area contributed by atoms with Crippen molar-refractivity contribution in [2.75, 3.05) is 0 Å². The minimum Gasteiger partial charge on any atom is -0.316 e. The molecule has 0 bridgehead atoms. The van der Waals surface area contributed by atoms with Crippen LogP contribution in [-0.4, -0.2) is 15.7 Å². The molecule has 0 radical (unpaired) electrons. The maximum Gasteiger partial charge on any atom is 0.416 e. The SMILES string of the molecule is O=[N+]([O-])c1ccc(N=Cc2cccn2-c2cccc(C(F)(F)F)c2)cc1. The molecular formula is C18H12F3N3O2. The first-order valence-corrected chi connectivity index (χ1v) is 7.48. The normalized spacial score (nSPS) is 11.8. The molecule has 0 unspecified atom stereocenters. The highest BCUT2D eigenvalue weighted by Crippen LogP contribution is 2.30. The maximum atomic E-state index is 12.9. The third-order valence-corrected chi connectivity index (χ3v) is 3.64. The first kappa shape index (κ1) is 17.4. The van der Waals surface area contributed by atoms with Crippen LogP contribution in [-0.2, 0) is 6.18 Å². The van der Waals surface area contributed by atoms with Gasteiger partial charge in [0.25, 0.3) is 5.69 Å². The lowest BCUT2D eigenvalue weighted by atomic mass is 10.2. The van der Waals surface area contributed by atoms with Crippen molar-refractivity contribution in [2.24, 2.45) is 4.99 Å². The molecule has 1 aromatic heterocycles. The molecule has 8 heteroatoms. The number of aliphatic imine (C=N–C) groups is 1. The molecule has 1 heterocycles. The average Bonchev–Trinajstić information content (AvgIpc) is 3.08. The molecule has 0 spiro atoms. The molecule has 0 saturated heterocycles. The van der Waals surface area contributed by atoms with Gasteiger partial charge in [0.2, 0.25) is 0 Å². The van der Waals surface area contributed by atoms with Gasteiger partial charge in [-0.2, -0.15) is 13.2 Å². The van der Waals surface area contributed by atoms with E-state index in [0.717, 1.165) is 12.1 Å². The molecule has 0 aliphatic rings. The van der Waals surface area contributed by atoms with Gasteiger partial charge in [-0.1, -0.05) is 6.07 Å². The first-order chi connectivity index (χ1) is 12.3. The molecule has 0 fully saturated rings. The van der Waals surface area contributed by atoms with Crippen LogP contribution in [0.1, 0.15) is 11.3 Å². The van der Waals surface area contributed by atoms with Gasteiger partial charge in [0.05, 0.1) is 28.1 Å². The second-order valence-electron chi connectivity index (χ2n) is 5.38. The van der Waals surface area contributed by atoms with Crippen molar-refractivity contribution in [2.45, 2.75) is 6.18 Å². The van der Waals surface area contributed by atoms with Gasteiger partial charge in [-0.3, -0.25) is 15.1 Å². The number of alkyl halides is 3. The van der Waals surface area contributed by atoms with E-state index in [9.17, 15) is 23.3 Å². The fourth-order valence-corrected chi connectivity index (χ4v) is 2.37. The summed E-state index contributed by atoms with van der Waals surface area (Å²) in [5, 5.41) is 10.6. The summed E-state index contributed by atoms with van der Waals surface area (Å²) in [6.45, 7) is 0. The quantitative estimate of drug-likeness (QED) is 0.367. The van der Waals surface area contributed by atoms with Gasteiger partial charge in [0.1, 0.15) is 0 Å². The highest BCUT2D eigenvalue weighted by molar-refractivity contribution is 5.81. The highest BCUT2D eigenvalue weighted by atomic mass is 19.4. The Morgan fingerprint density at radius 1 is 1.04 bits per heavy atom. The maximum absolute atomic E-state index is 12.9.